The maximum absolute atomic E-state index is 13.6. The van der Waals surface area contributed by atoms with Gasteiger partial charge >= 0.3 is 0 Å². The van der Waals surface area contributed by atoms with E-state index in [-0.39, 0.29) is 11.7 Å². The van der Waals surface area contributed by atoms with Crippen molar-refractivity contribution in [2.24, 2.45) is 5.10 Å². The van der Waals surface area contributed by atoms with E-state index < -0.39 is 0 Å². The zero-order valence-corrected chi connectivity index (χ0v) is 23.6. The number of hydrogen-bond acceptors (Lipinski definition) is 6. The van der Waals surface area contributed by atoms with Crippen LogP contribution in [-0.2, 0) is 6.42 Å². The first-order valence-corrected chi connectivity index (χ1v) is 13.5. The molecule has 198 valence electrons. The number of allylic oxidation sites excluding steroid dienone is 1. The topological polar surface area (TPSA) is 78.9 Å². The lowest BCUT2D eigenvalue weighted by molar-refractivity contribution is 0.222. The second kappa shape index (κ2) is 11.3. The van der Waals surface area contributed by atoms with E-state index in [1.807, 2.05) is 69.3 Å². The predicted molar refractivity (Wildman–Crippen MR) is 159 cm³/mol. The smallest absolute Gasteiger partial charge is 0.282 e. The fourth-order valence-electron chi connectivity index (χ4n) is 4.34. The van der Waals surface area contributed by atoms with E-state index in [1.54, 1.807) is 24.4 Å². The monoisotopic (exact) mass is 585 g/mol. The summed E-state index contributed by atoms with van der Waals surface area (Å²) in [5.74, 6) is 2.03. The Labute approximate surface area is 234 Å². The van der Waals surface area contributed by atoms with Crippen LogP contribution in [0.5, 0.6) is 11.5 Å². The van der Waals surface area contributed by atoms with Crippen molar-refractivity contribution in [3.8, 4) is 23.1 Å². The third-order valence-electron chi connectivity index (χ3n) is 5.95. The normalized spacial score (nSPS) is 11.6. The SMILES string of the molecule is C=CCc1cc(C=Nn2c(-c3cc4cc(Br)ccc4o3)nc3ccccc3c2=O)cc(OCC)c1OC(C)C. The summed E-state index contributed by atoms with van der Waals surface area (Å²) in [6.07, 6.45) is 3.99. The van der Waals surface area contributed by atoms with Gasteiger partial charge in [0.2, 0.25) is 5.82 Å². The predicted octanol–water partition coefficient (Wildman–Crippen LogP) is 7.37. The highest BCUT2D eigenvalue weighted by atomic mass is 79.9. The lowest BCUT2D eigenvalue weighted by atomic mass is 10.1. The van der Waals surface area contributed by atoms with Gasteiger partial charge in [-0.3, -0.25) is 4.79 Å². The fourth-order valence-corrected chi connectivity index (χ4v) is 4.72. The number of halogens is 1. The molecule has 0 aliphatic carbocycles. The molecule has 5 rings (SSSR count). The zero-order chi connectivity index (χ0) is 27.5. The Morgan fingerprint density at radius 2 is 1.97 bits per heavy atom. The molecule has 0 aliphatic rings. The molecule has 2 aromatic heterocycles. The van der Waals surface area contributed by atoms with Gasteiger partial charge in [0.25, 0.3) is 5.56 Å². The number of nitrogens with zero attached hydrogens (tertiary/aromatic N) is 3. The summed E-state index contributed by atoms with van der Waals surface area (Å²) in [6, 6.07) is 18.6. The lowest BCUT2D eigenvalue weighted by Gasteiger charge is -2.18. The van der Waals surface area contributed by atoms with Gasteiger partial charge in [-0.05, 0) is 81.3 Å². The average molecular weight is 586 g/mol. The van der Waals surface area contributed by atoms with Crippen LogP contribution in [0.1, 0.15) is 31.9 Å². The molecule has 3 aromatic carbocycles. The van der Waals surface area contributed by atoms with Gasteiger partial charge in [0.1, 0.15) is 5.58 Å². The number of para-hydroxylation sites is 1. The summed E-state index contributed by atoms with van der Waals surface area (Å²) in [7, 11) is 0. The number of ether oxygens (including phenoxy) is 2. The Morgan fingerprint density at radius 3 is 2.74 bits per heavy atom. The molecule has 39 heavy (non-hydrogen) atoms. The minimum Gasteiger partial charge on any atom is -0.490 e. The highest BCUT2D eigenvalue weighted by Gasteiger charge is 2.18. The molecule has 0 saturated carbocycles. The van der Waals surface area contributed by atoms with Crippen molar-refractivity contribution in [2.75, 3.05) is 6.61 Å². The van der Waals surface area contributed by atoms with Crippen LogP contribution in [0.15, 0.2) is 92.1 Å². The van der Waals surface area contributed by atoms with Crippen molar-refractivity contribution in [2.45, 2.75) is 33.3 Å². The van der Waals surface area contributed by atoms with Crippen LogP contribution in [0.4, 0.5) is 0 Å². The van der Waals surface area contributed by atoms with E-state index in [1.165, 1.54) is 4.68 Å². The Kier molecular flexibility index (Phi) is 7.65. The van der Waals surface area contributed by atoms with Crippen molar-refractivity contribution < 1.29 is 13.9 Å². The van der Waals surface area contributed by atoms with Gasteiger partial charge in [0.05, 0.1) is 29.8 Å². The van der Waals surface area contributed by atoms with E-state index in [4.69, 9.17) is 18.9 Å². The molecular weight excluding hydrogens is 558 g/mol. The minimum atomic E-state index is -0.301. The van der Waals surface area contributed by atoms with Gasteiger partial charge < -0.3 is 13.9 Å². The first-order chi connectivity index (χ1) is 18.9. The van der Waals surface area contributed by atoms with E-state index >= 15 is 0 Å². The summed E-state index contributed by atoms with van der Waals surface area (Å²) in [5, 5.41) is 5.95. The maximum Gasteiger partial charge on any atom is 0.282 e. The van der Waals surface area contributed by atoms with E-state index in [0.29, 0.717) is 52.6 Å². The summed E-state index contributed by atoms with van der Waals surface area (Å²) in [4.78, 5) is 18.4. The second-order valence-corrected chi connectivity index (χ2v) is 10.1. The molecule has 5 aromatic rings. The van der Waals surface area contributed by atoms with Gasteiger partial charge in [-0.25, -0.2) is 4.98 Å². The molecule has 0 spiro atoms. The van der Waals surface area contributed by atoms with Gasteiger partial charge in [0, 0.05) is 15.4 Å². The minimum absolute atomic E-state index is 0.0264. The van der Waals surface area contributed by atoms with Crippen molar-refractivity contribution in [1.82, 2.24) is 9.66 Å². The van der Waals surface area contributed by atoms with Crippen LogP contribution in [0, 0.1) is 0 Å². The standard InChI is InChI=1S/C31H28BrN3O4/c1-5-9-21-14-20(15-27(37-6-2)29(21)38-19(3)4)18-33-35-30(34-25-11-8-7-10-24(25)31(35)36)28-17-22-16-23(32)12-13-26(22)39-28/h5,7-8,10-19H,1,6,9H2,2-4H3. The third-order valence-corrected chi connectivity index (χ3v) is 6.44. The zero-order valence-electron chi connectivity index (χ0n) is 22.0. The maximum atomic E-state index is 13.6. The van der Waals surface area contributed by atoms with Crippen molar-refractivity contribution in [1.29, 1.82) is 0 Å². The Hall–Kier alpha value is -4.17. The molecular formula is C31H28BrN3O4. The summed E-state index contributed by atoms with van der Waals surface area (Å²) in [5.41, 5.74) is 2.60. The number of aromatic nitrogens is 2. The van der Waals surface area contributed by atoms with Gasteiger partial charge in [-0.2, -0.15) is 9.78 Å². The number of furan rings is 1. The largest absolute Gasteiger partial charge is 0.490 e. The molecule has 0 atom stereocenters. The van der Waals surface area contributed by atoms with Crippen LogP contribution >= 0.6 is 15.9 Å². The fraction of sp³-hybridized carbons (Fsp3) is 0.194. The van der Waals surface area contributed by atoms with Crippen LogP contribution in [-0.4, -0.2) is 28.6 Å². The van der Waals surface area contributed by atoms with Crippen LogP contribution in [0.3, 0.4) is 0 Å². The number of benzene rings is 3. The van der Waals surface area contributed by atoms with Crippen LogP contribution in [0.2, 0.25) is 0 Å². The van der Waals surface area contributed by atoms with Gasteiger partial charge in [-0.1, -0.05) is 34.1 Å². The van der Waals surface area contributed by atoms with Crippen molar-refractivity contribution in [3.63, 3.8) is 0 Å². The Morgan fingerprint density at radius 1 is 1.15 bits per heavy atom. The number of rotatable bonds is 9. The van der Waals surface area contributed by atoms with Gasteiger partial charge in [0.15, 0.2) is 17.3 Å². The van der Waals surface area contributed by atoms with Crippen molar-refractivity contribution in [3.05, 3.63) is 99.3 Å². The molecule has 7 nitrogen and oxygen atoms in total. The molecule has 0 saturated heterocycles. The summed E-state index contributed by atoms with van der Waals surface area (Å²) >= 11 is 3.50. The van der Waals surface area contributed by atoms with E-state index in [2.05, 4.69) is 27.6 Å². The molecule has 2 heterocycles. The van der Waals surface area contributed by atoms with Crippen LogP contribution < -0.4 is 15.0 Å². The van der Waals surface area contributed by atoms with Crippen molar-refractivity contribution >= 4 is 44.0 Å². The molecule has 0 bridgehead atoms. The first kappa shape index (κ1) is 26.4. The average Bonchev–Trinajstić information content (AvgIpc) is 3.33. The molecule has 8 heteroatoms. The van der Waals surface area contributed by atoms with E-state index in [9.17, 15) is 4.79 Å². The van der Waals surface area contributed by atoms with Crippen LogP contribution in [0.25, 0.3) is 33.5 Å². The van der Waals surface area contributed by atoms with Gasteiger partial charge in [-0.15, -0.1) is 6.58 Å². The molecule has 0 unspecified atom stereocenters. The lowest BCUT2D eigenvalue weighted by Crippen LogP contribution is -2.20. The number of fused-ring (bicyclic) bond motifs is 2. The molecule has 0 aliphatic heterocycles. The highest BCUT2D eigenvalue weighted by molar-refractivity contribution is 9.10. The quantitative estimate of drug-likeness (QED) is 0.133. The number of hydrogen-bond donors (Lipinski definition) is 0. The van der Waals surface area contributed by atoms with E-state index in [0.717, 1.165) is 21.0 Å². The Bertz CT molecular complexity index is 1770. The summed E-state index contributed by atoms with van der Waals surface area (Å²) in [6.45, 7) is 10.2. The third kappa shape index (κ3) is 5.52. The molecule has 0 N–H and O–H groups in total. The highest BCUT2D eigenvalue weighted by Crippen LogP contribution is 2.35. The molecule has 0 amide bonds. The second-order valence-electron chi connectivity index (χ2n) is 9.21. The summed E-state index contributed by atoms with van der Waals surface area (Å²) < 4.78 is 20.3. The Balaban J connectivity index is 1.67. The molecule has 0 fully saturated rings. The molecule has 0 radical (unpaired) electrons. The first-order valence-electron chi connectivity index (χ1n) is 12.7.